The highest BCUT2D eigenvalue weighted by molar-refractivity contribution is 7.99. The molecule has 2 saturated heterocycles. The summed E-state index contributed by atoms with van der Waals surface area (Å²) in [5, 5.41) is 15.2. The van der Waals surface area contributed by atoms with Gasteiger partial charge in [0.25, 0.3) is 0 Å². The summed E-state index contributed by atoms with van der Waals surface area (Å²) in [7, 11) is 0. The molecule has 4 aromatic rings. The number of carbonyl (C=O) groups excluding carboxylic acids is 2. The zero-order valence-electron chi connectivity index (χ0n) is 29.8. The third-order valence-electron chi connectivity index (χ3n) is 9.12. The normalized spacial score (nSPS) is 18.6. The molecule has 2 atom stereocenters. The number of thiophene rings is 1. The van der Waals surface area contributed by atoms with Crippen molar-refractivity contribution in [1.29, 1.82) is 5.26 Å². The van der Waals surface area contributed by atoms with Crippen molar-refractivity contribution in [3.05, 3.63) is 40.7 Å². The van der Waals surface area contributed by atoms with Crippen molar-refractivity contribution in [3.63, 3.8) is 0 Å². The van der Waals surface area contributed by atoms with Crippen molar-refractivity contribution in [2.24, 2.45) is 0 Å². The van der Waals surface area contributed by atoms with Crippen LogP contribution in [0.3, 0.4) is 0 Å². The summed E-state index contributed by atoms with van der Waals surface area (Å²) >= 11 is 2.56. The van der Waals surface area contributed by atoms with Gasteiger partial charge in [0.15, 0.2) is 5.16 Å². The molecule has 0 spiro atoms. The number of ether oxygens (including phenoxy) is 3. The van der Waals surface area contributed by atoms with E-state index in [2.05, 4.69) is 23.2 Å². The van der Waals surface area contributed by atoms with Crippen molar-refractivity contribution < 1.29 is 28.2 Å². The van der Waals surface area contributed by atoms with Gasteiger partial charge in [-0.1, -0.05) is 24.8 Å². The fourth-order valence-corrected chi connectivity index (χ4v) is 8.93. The number of hydrogen-bond acceptors (Lipinski definition) is 11. The molecule has 7 rings (SSSR count). The zero-order chi connectivity index (χ0) is 36.4. The Labute approximate surface area is 304 Å². The molecule has 2 fully saturated rings. The summed E-state index contributed by atoms with van der Waals surface area (Å²) in [6.45, 7) is 14.7. The minimum atomic E-state index is -0.754. The molecule has 3 aliphatic rings. The standard InChI is InChI=1S/C37H41FN6O5S2/c1-8-50-33-40-27-13-22(21-11-12-26(38)30-28(21)23(14-39)32(51-30)42-34(45)48-36(2,3)4)24-17-47-18-25(24)29(27)31(41-33)44-19-9-10-20(44)16-43(15-19)35(46)49-37(5,6)7/h11-13,19-20H,8-10,15-18H2,1-7H3,(H,42,45). The van der Waals surface area contributed by atoms with Gasteiger partial charge in [-0.3, -0.25) is 5.32 Å². The van der Waals surface area contributed by atoms with Crippen molar-refractivity contribution in [2.45, 2.75) is 103 Å². The number of thioether (sulfide) groups is 1. The van der Waals surface area contributed by atoms with E-state index in [1.807, 2.05) is 31.7 Å². The fourth-order valence-electron chi connectivity index (χ4n) is 7.29. The Morgan fingerprint density at radius 2 is 1.73 bits per heavy atom. The Bertz CT molecular complexity index is 2100. The third kappa shape index (κ3) is 6.67. The molecule has 1 N–H and O–H groups in total. The molecule has 268 valence electrons. The third-order valence-corrected chi connectivity index (χ3v) is 11.0. The van der Waals surface area contributed by atoms with E-state index in [1.54, 1.807) is 38.6 Å². The number of piperazine rings is 1. The first-order valence-electron chi connectivity index (χ1n) is 17.1. The summed E-state index contributed by atoms with van der Waals surface area (Å²) in [6, 6.07) is 7.41. The van der Waals surface area contributed by atoms with Crippen LogP contribution >= 0.6 is 23.1 Å². The van der Waals surface area contributed by atoms with Crippen LogP contribution in [0.15, 0.2) is 23.4 Å². The van der Waals surface area contributed by atoms with E-state index in [0.29, 0.717) is 42.4 Å². The number of hydrogen-bond donors (Lipinski definition) is 1. The Balaban J connectivity index is 1.36. The van der Waals surface area contributed by atoms with Crippen LogP contribution in [0.5, 0.6) is 0 Å². The van der Waals surface area contributed by atoms with Crippen LogP contribution in [0.4, 0.5) is 24.8 Å². The SMILES string of the molecule is CCSc1nc(N2C3CCC2CN(C(=O)OC(C)(C)C)C3)c2c3c(c(-c4ccc(F)c5sc(NC(=O)OC(C)(C)C)c(C#N)c45)cc2n1)COC3. The first-order chi connectivity index (χ1) is 24.2. The number of rotatable bonds is 5. The molecule has 14 heteroatoms. The molecule has 2 bridgehead atoms. The number of nitrogens with one attached hydrogen (secondary N) is 1. The maximum atomic E-state index is 15.5. The van der Waals surface area contributed by atoms with E-state index >= 15 is 4.39 Å². The number of nitriles is 1. The largest absolute Gasteiger partial charge is 0.444 e. The number of nitrogens with zero attached hydrogens (tertiary/aromatic N) is 5. The second-order valence-corrected chi connectivity index (χ2v) is 17.3. The molecule has 0 aliphatic carbocycles. The van der Waals surface area contributed by atoms with Crippen LogP contribution in [0.2, 0.25) is 0 Å². The molecular formula is C37H41FN6O5S2. The average molecular weight is 733 g/mol. The molecular weight excluding hydrogens is 692 g/mol. The first kappa shape index (κ1) is 35.2. The van der Waals surface area contributed by atoms with E-state index in [-0.39, 0.29) is 33.4 Å². The minimum absolute atomic E-state index is 0.0584. The number of benzene rings is 2. The smallest absolute Gasteiger partial charge is 0.412 e. The Hall–Kier alpha value is -4.19. The summed E-state index contributed by atoms with van der Waals surface area (Å²) < 4.78 is 33.0. The molecule has 11 nitrogen and oxygen atoms in total. The van der Waals surface area contributed by atoms with Gasteiger partial charge in [-0.25, -0.2) is 23.9 Å². The Kier molecular flexibility index (Phi) is 9.04. The second kappa shape index (κ2) is 13.1. The lowest BCUT2D eigenvalue weighted by molar-refractivity contribution is 0.0209. The Morgan fingerprint density at radius 3 is 2.37 bits per heavy atom. The highest BCUT2D eigenvalue weighted by Crippen LogP contribution is 2.48. The van der Waals surface area contributed by atoms with Crippen molar-refractivity contribution >= 4 is 67.1 Å². The highest BCUT2D eigenvalue weighted by atomic mass is 32.2. The van der Waals surface area contributed by atoms with Gasteiger partial charge in [0, 0.05) is 35.9 Å². The van der Waals surface area contributed by atoms with E-state index < -0.39 is 23.1 Å². The summed E-state index contributed by atoms with van der Waals surface area (Å²) in [4.78, 5) is 40.2. The van der Waals surface area contributed by atoms with Gasteiger partial charge < -0.3 is 24.0 Å². The lowest BCUT2D eigenvalue weighted by Gasteiger charge is -2.42. The van der Waals surface area contributed by atoms with Crippen LogP contribution in [-0.2, 0) is 27.4 Å². The molecule has 2 unspecified atom stereocenters. The molecule has 2 amide bonds. The van der Waals surface area contributed by atoms with Crippen LogP contribution < -0.4 is 10.2 Å². The number of anilines is 2. The number of carbonyl (C=O) groups is 2. The zero-order valence-corrected chi connectivity index (χ0v) is 31.4. The molecule has 3 aliphatic heterocycles. The van der Waals surface area contributed by atoms with Crippen molar-refractivity contribution in [3.8, 4) is 17.2 Å². The van der Waals surface area contributed by atoms with Crippen LogP contribution in [0.1, 0.15) is 78.0 Å². The molecule has 0 radical (unpaired) electrons. The van der Waals surface area contributed by atoms with Gasteiger partial charge in [-0.05, 0) is 94.5 Å². The predicted molar refractivity (Wildman–Crippen MR) is 197 cm³/mol. The number of fused-ring (bicyclic) bond motifs is 6. The summed E-state index contributed by atoms with van der Waals surface area (Å²) in [5.74, 6) is 1.12. The first-order valence-corrected chi connectivity index (χ1v) is 18.9. The number of halogens is 1. The van der Waals surface area contributed by atoms with Crippen molar-refractivity contribution in [2.75, 3.05) is 29.1 Å². The fraction of sp³-hybridized carbons (Fsp3) is 0.486. The Morgan fingerprint density at radius 1 is 1.04 bits per heavy atom. The van der Waals surface area contributed by atoms with Crippen LogP contribution in [0, 0.1) is 17.1 Å². The maximum absolute atomic E-state index is 15.5. The van der Waals surface area contributed by atoms with E-state index in [0.717, 1.165) is 63.3 Å². The van der Waals surface area contributed by atoms with Gasteiger partial charge in [0.2, 0.25) is 0 Å². The quantitative estimate of drug-likeness (QED) is 0.157. The molecule has 2 aromatic heterocycles. The highest BCUT2D eigenvalue weighted by Gasteiger charge is 2.44. The molecule has 0 saturated carbocycles. The van der Waals surface area contributed by atoms with E-state index in [1.165, 1.54) is 6.07 Å². The van der Waals surface area contributed by atoms with Crippen molar-refractivity contribution in [1.82, 2.24) is 14.9 Å². The lowest BCUT2D eigenvalue weighted by Crippen LogP contribution is -2.56. The summed E-state index contributed by atoms with van der Waals surface area (Å²) in [5.41, 5.74) is 2.87. The number of aromatic nitrogens is 2. The number of amides is 2. The second-order valence-electron chi connectivity index (χ2n) is 15.1. The maximum Gasteiger partial charge on any atom is 0.412 e. The van der Waals surface area contributed by atoms with E-state index in [4.69, 9.17) is 24.2 Å². The van der Waals surface area contributed by atoms with Gasteiger partial charge >= 0.3 is 12.2 Å². The molecule has 2 aromatic carbocycles. The number of likely N-dealkylation sites (tertiary alicyclic amines) is 1. The average Bonchev–Trinajstić information content (AvgIpc) is 3.73. The van der Waals surface area contributed by atoms with Gasteiger partial charge in [0.05, 0.1) is 29.0 Å². The molecule has 5 heterocycles. The van der Waals surface area contributed by atoms with Gasteiger partial charge in [-0.15, -0.1) is 11.3 Å². The monoisotopic (exact) mass is 732 g/mol. The topological polar surface area (TPSA) is 130 Å². The van der Waals surface area contributed by atoms with Crippen LogP contribution in [0.25, 0.3) is 32.1 Å². The van der Waals surface area contributed by atoms with Crippen LogP contribution in [-0.4, -0.2) is 69.2 Å². The predicted octanol–water partition coefficient (Wildman–Crippen LogP) is 8.60. The summed E-state index contributed by atoms with van der Waals surface area (Å²) in [6.07, 6.45) is 0.821. The minimum Gasteiger partial charge on any atom is -0.444 e. The molecule has 51 heavy (non-hydrogen) atoms. The lowest BCUT2D eigenvalue weighted by atomic mass is 9.91. The van der Waals surface area contributed by atoms with Gasteiger partial charge in [-0.2, -0.15) is 5.26 Å². The van der Waals surface area contributed by atoms with Gasteiger partial charge in [0.1, 0.15) is 33.9 Å². The van der Waals surface area contributed by atoms with E-state index in [9.17, 15) is 14.9 Å².